The Morgan fingerprint density at radius 2 is 0.872 bits per heavy atom. The van der Waals surface area contributed by atoms with Crippen LogP contribution in [0.15, 0.2) is 36.5 Å². The molecule has 0 aromatic carbocycles. The van der Waals surface area contributed by atoms with E-state index in [0.29, 0.717) is 0 Å². The van der Waals surface area contributed by atoms with E-state index in [1.807, 2.05) is 0 Å². The van der Waals surface area contributed by atoms with Crippen molar-refractivity contribution in [3.05, 3.63) is 36.5 Å². The second-order valence-electron chi connectivity index (χ2n) is 14.2. The lowest BCUT2D eigenvalue weighted by atomic mass is 10.1. The molecule has 3 atom stereocenters. The third-order valence-electron chi connectivity index (χ3n) is 9.14. The van der Waals surface area contributed by atoms with Gasteiger partial charge in [-0.1, -0.05) is 109 Å². The van der Waals surface area contributed by atoms with Crippen LogP contribution in [0.25, 0.3) is 0 Å². The molecule has 0 unspecified atom stereocenters. The second kappa shape index (κ2) is 31.4. The van der Waals surface area contributed by atoms with Gasteiger partial charge in [0.05, 0.1) is 29.2 Å². The molecule has 0 aliphatic carbocycles. The quantitative estimate of drug-likeness (QED) is 0.0500. The van der Waals surface area contributed by atoms with Crippen molar-refractivity contribution in [2.45, 2.75) is 208 Å². The number of allylic oxidation sites excluding steroid dienone is 6. The Bertz CT molecular complexity index is 686. The molecule has 0 bridgehead atoms. The lowest BCUT2D eigenvalue weighted by Crippen LogP contribution is -2.37. The number of nitrogens with zero attached hydrogens (tertiary/aromatic N) is 1. The molecule has 0 N–H and O–H groups in total. The maximum absolute atomic E-state index is 7.00. The molecule has 47 heavy (non-hydrogen) atoms. The molecule has 0 aromatic heterocycles. The van der Waals surface area contributed by atoms with E-state index in [2.05, 4.69) is 82.9 Å². The SMILES string of the molecule is CCCCC/C=C\CC[C@H](C)OS(CCCCCCN1CCC1)(O[C@@H](C)CC/C=C\CCCCC)O[C@@H](C)CC/C=C\CCCCC. The van der Waals surface area contributed by atoms with Crippen LogP contribution in [0.2, 0.25) is 0 Å². The highest BCUT2D eigenvalue weighted by Gasteiger charge is 2.33. The monoisotopic (exact) mass is 680 g/mol. The van der Waals surface area contributed by atoms with E-state index in [1.165, 1.54) is 122 Å². The summed E-state index contributed by atoms with van der Waals surface area (Å²) in [5, 5.41) is 0. The van der Waals surface area contributed by atoms with E-state index < -0.39 is 10.9 Å². The van der Waals surface area contributed by atoms with Crippen molar-refractivity contribution in [2.24, 2.45) is 0 Å². The minimum absolute atomic E-state index is 0.105. The van der Waals surface area contributed by atoms with Gasteiger partial charge in [-0.2, -0.15) is 0 Å². The van der Waals surface area contributed by atoms with Gasteiger partial charge in [0.25, 0.3) is 0 Å². The molecule has 1 rings (SSSR count). The third kappa shape index (κ3) is 26.0. The average Bonchev–Trinajstić information content (AvgIpc) is 3.02. The van der Waals surface area contributed by atoms with Gasteiger partial charge in [0, 0.05) is 5.75 Å². The molecular formula is C42H81NO3S. The molecule has 0 radical (unpaired) electrons. The molecule has 1 heterocycles. The molecule has 0 amide bonds. The van der Waals surface area contributed by atoms with Crippen molar-refractivity contribution in [1.82, 2.24) is 4.90 Å². The van der Waals surface area contributed by atoms with E-state index in [9.17, 15) is 0 Å². The number of hydrogen-bond acceptors (Lipinski definition) is 4. The van der Waals surface area contributed by atoms with Crippen LogP contribution in [0.5, 0.6) is 0 Å². The molecule has 4 nitrogen and oxygen atoms in total. The van der Waals surface area contributed by atoms with E-state index in [0.717, 1.165) is 50.7 Å². The summed E-state index contributed by atoms with van der Waals surface area (Å²) in [6, 6.07) is 0. The maximum Gasteiger partial charge on any atom is 0.0895 e. The molecule has 1 aliphatic rings. The van der Waals surface area contributed by atoms with Gasteiger partial charge in [0.1, 0.15) is 0 Å². The summed E-state index contributed by atoms with van der Waals surface area (Å²) < 4.78 is 21.0. The smallest absolute Gasteiger partial charge is 0.0895 e. The van der Waals surface area contributed by atoms with Crippen molar-refractivity contribution < 1.29 is 12.5 Å². The molecular weight excluding hydrogens is 599 g/mol. The number of rotatable bonds is 34. The lowest BCUT2D eigenvalue weighted by molar-refractivity contribution is 0.0816. The summed E-state index contributed by atoms with van der Waals surface area (Å²) in [6.07, 6.45) is 42.2. The summed E-state index contributed by atoms with van der Waals surface area (Å²) in [4.78, 5) is 2.59. The van der Waals surface area contributed by atoms with Crippen LogP contribution in [0.4, 0.5) is 0 Å². The molecule has 1 saturated heterocycles. The Hall–Kier alpha value is -0.590. The highest BCUT2D eigenvalue weighted by Crippen LogP contribution is 2.56. The fraction of sp³-hybridized carbons (Fsp3) is 0.857. The lowest BCUT2D eigenvalue weighted by Gasteiger charge is -2.43. The molecule has 5 heteroatoms. The van der Waals surface area contributed by atoms with E-state index in [4.69, 9.17) is 12.5 Å². The summed E-state index contributed by atoms with van der Waals surface area (Å²) in [5.74, 6) is 0.877. The Morgan fingerprint density at radius 3 is 1.23 bits per heavy atom. The molecule has 0 spiro atoms. The fourth-order valence-electron chi connectivity index (χ4n) is 5.92. The molecule has 0 saturated carbocycles. The van der Waals surface area contributed by atoms with Gasteiger partial charge >= 0.3 is 0 Å². The van der Waals surface area contributed by atoms with Crippen LogP contribution >= 0.6 is 10.9 Å². The molecule has 1 fully saturated rings. The first-order valence-electron chi connectivity index (χ1n) is 20.5. The zero-order valence-electron chi connectivity index (χ0n) is 32.4. The fourth-order valence-corrected chi connectivity index (χ4v) is 8.69. The van der Waals surface area contributed by atoms with Crippen LogP contribution in [-0.2, 0) is 12.5 Å². The van der Waals surface area contributed by atoms with Gasteiger partial charge < -0.3 is 4.90 Å². The average molecular weight is 680 g/mol. The Morgan fingerprint density at radius 1 is 0.489 bits per heavy atom. The van der Waals surface area contributed by atoms with E-state index in [1.54, 1.807) is 0 Å². The first kappa shape index (κ1) is 44.4. The van der Waals surface area contributed by atoms with Gasteiger partial charge in [-0.3, -0.25) is 12.5 Å². The zero-order chi connectivity index (χ0) is 34.3. The first-order valence-corrected chi connectivity index (χ1v) is 22.0. The van der Waals surface area contributed by atoms with Crippen LogP contribution < -0.4 is 0 Å². The second-order valence-corrected chi connectivity index (χ2v) is 16.3. The minimum Gasteiger partial charge on any atom is -0.303 e. The van der Waals surface area contributed by atoms with Crippen LogP contribution in [-0.4, -0.2) is 48.6 Å². The summed E-state index contributed by atoms with van der Waals surface area (Å²) >= 11 is 0. The minimum atomic E-state index is -2.14. The summed E-state index contributed by atoms with van der Waals surface area (Å²) in [7, 11) is -2.14. The Balaban J connectivity index is 2.89. The largest absolute Gasteiger partial charge is 0.303 e. The van der Waals surface area contributed by atoms with Crippen molar-refractivity contribution in [2.75, 3.05) is 25.4 Å². The van der Waals surface area contributed by atoms with Crippen LogP contribution in [0.1, 0.15) is 189 Å². The van der Waals surface area contributed by atoms with Crippen LogP contribution in [0, 0.1) is 0 Å². The molecule has 278 valence electrons. The van der Waals surface area contributed by atoms with Gasteiger partial charge in [0.2, 0.25) is 0 Å². The Labute approximate surface area is 296 Å². The number of hydrogen-bond donors (Lipinski definition) is 0. The molecule has 0 aromatic rings. The van der Waals surface area contributed by atoms with Gasteiger partial charge in [0.15, 0.2) is 0 Å². The summed E-state index contributed by atoms with van der Waals surface area (Å²) in [6.45, 7) is 17.4. The Kier molecular flexibility index (Phi) is 29.7. The zero-order valence-corrected chi connectivity index (χ0v) is 33.2. The van der Waals surface area contributed by atoms with Gasteiger partial charge in [-0.05, 0) is 137 Å². The topological polar surface area (TPSA) is 30.9 Å². The van der Waals surface area contributed by atoms with Crippen molar-refractivity contribution >= 4 is 10.9 Å². The maximum atomic E-state index is 7.00. The van der Waals surface area contributed by atoms with Crippen molar-refractivity contribution in [3.63, 3.8) is 0 Å². The predicted molar refractivity (Wildman–Crippen MR) is 211 cm³/mol. The normalized spacial score (nSPS) is 16.8. The number of unbranched alkanes of at least 4 members (excludes halogenated alkanes) is 12. The van der Waals surface area contributed by atoms with Crippen molar-refractivity contribution in [3.8, 4) is 0 Å². The predicted octanol–water partition coefficient (Wildman–Crippen LogP) is 13.8. The van der Waals surface area contributed by atoms with Gasteiger partial charge in [-0.15, -0.1) is 0 Å². The van der Waals surface area contributed by atoms with E-state index >= 15 is 0 Å². The first-order chi connectivity index (χ1) is 22.9. The standard InChI is InChI=1S/C42H81NO3S/c1-7-10-13-16-19-22-27-33-40(4)44-47(39-31-26-25-30-36-43-37-32-38-43,45-41(5)34-28-23-20-17-14-11-8-2)46-42(6)35-29-24-21-18-15-12-9-3/h19-24,40-42H,7-18,25-39H2,1-6H3/b22-19-,23-20-,24-21-/t40-,41-,42-/m0/s1. The van der Waals surface area contributed by atoms with Gasteiger partial charge in [-0.25, -0.2) is 0 Å². The molecule has 1 aliphatic heterocycles. The summed E-state index contributed by atoms with van der Waals surface area (Å²) in [5.41, 5.74) is 0. The number of likely N-dealkylation sites (tertiary alicyclic amines) is 1. The van der Waals surface area contributed by atoms with Crippen molar-refractivity contribution in [1.29, 1.82) is 0 Å². The van der Waals surface area contributed by atoms with Crippen LogP contribution in [0.3, 0.4) is 0 Å². The van der Waals surface area contributed by atoms with E-state index in [-0.39, 0.29) is 18.3 Å². The highest BCUT2D eigenvalue weighted by atomic mass is 32.3. The third-order valence-corrected chi connectivity index (χ3v) is 11.8. The highest BCUT2D eigenvalue weighted by molar-refractivity contribution is 8.21.